The third-order valence-corrected chi connectivity index (χ3v) is 6.69. The standard InChI is InChI=1S/C25H27NO4S/c1-3-29-16-12-13-17(22(14-16)30-4-2)24-15-19(25-20(27)9-7-10-21(25)28)26-18-8-5-6-11-23(18)31-24/h5-6,8,11-14,24,27H,3-4,7,9-10,15H2,1-2H3. The van der Waals surface area contributed by atoms with Gasteiger partial charge in [-0.3, -0.25) is 9.79 Å². The van der Waals surface area contributed by atoms with Crippen molar-refractivity contribution in [2.75, 3.05) is 13.2 Å². The number of fused-ring (bicyclic) bond motifs is 1. The molecule has 1 atom stereocenters. The number of carbonyl (C=O) groups excluding carboxylic acids is 1. The van der Waals surface area contributed by atoms with Crippen LogP contribution in [0.15, 0.2) is 63.7 Å². The van der Waals surface area contributed by atoms with E-state index in [-0.39, 0.29) is 16.8 Å². The Labute approximate surface area is 187 Å². The smallest absolute Gasteiger partial charge is 0.168 e. The van der Waals surface area contributed by atoms with E-state index in [0.717, 1.165) is 27.6 Å². The van der Waals surface area contributed by atoms with Gasteiger partial charge in [0.05, 0.1) is 30.2 Å². The minimum absolute atomic E-state index is 0.0188. The van der Waals surface area contributed by atoms with Gasteiger partial charge in [0.2, 0.25) is 0 Å². The lowest BCUT2D eigenvalue weighted by molar-refractivity contribution is -0.115. The molecular formula is C25H27NO4S. The van der Waals surface area contributed by atoms with Crippen LogP contribution in [-0.2, 0) is 4.79 Å². The molecule has 1 unspecified atom stereocenters. The molecule has 6 heteroatoms. The molecule has 1 heterocycles. The van der Waals surface area contributed by atoms with Crippen LogP contribution in [0.25, 0.3) is 0 Å². The van der Waals surface area contributed by atoms with Crippen LogP contribution < -0.4 is 9.47 Å². The number of Topliss-reactive ketones (excluding diaryl/α,β-unsaturated/α-hetero) is 1. The van der Waals surface area contributed by atoms with Gasteiger partial charge < -0.3 is 14.6 Å². The molecule has 0 bridgehead atoms. The Balaban J connectivity index is 1.80. The third-order valence-electron chi connectivity index (χ3n) is 5.38. The van der Waals surface area contributed by atoms with Crippen LogP contribution in [0.1, 0.15) is 50.3 Å². The molecule has 0 spiro atoms. The quantitative estimate of drug-likeness (QED) is 0.570. The maximum absolute atomic E-state index is 12.7. The molecule has 0 amide bonds. The molecule has 0 radical (unpaired) electrons. The molecule has 5 nitrogen and oxygen atoms in total. The monoisotopic (exact) mass is 437 g/mol. The summed E-state index contributed by atoms with van der Waals surface area (Å²) in [6, 6.07) is 13.9. The van der Waals surface area contributed by atoms with E-state index in [9.17, 15) is 9.90 Å². The summed E-state index contributed by atoms with van der Waals surface area (Å²) in [6.07, 6.45) is 2.18. The van der Waals surface area contributed by atoms with Crippen LogP contribution in [0.4, 0.5) is 5.69 Å². The average molecular weight is 438 g/mol. The van der Waals surface area contributed by atoms with Crippen LogP contribution in [0, 0.1) is 0 Å². The number of nitrogens with zero attached hydrogens (tertiary/aromatic N) is 1. The first-order valence-corrected chi connectivity index (χ1v) is 11.7. The first kappa shape index (κ1) is 21.5. The van der Waals surface area contributed by atoms with E-state index >= 15 is 0 Å². The second-order valence-electron chi connectivity index (χ2n) is 7.50. The highest BCUT2D eigenvalue weighted by molar-refractivity contribution is 7.99. The highest BCUT2D eigenvalue weighted by atomic mass is 32.2. The summed E-state index contributed by atoms with van der Waals surface area (Å²) in [7, 11) is 0. The zero-order valence-corrected chi connectivity index (χ0v) is 18.7. The molecule has 0 saturated carbocycles. The Morgan fingerprint density at radius 3 is 2.68 bits per heavy atom. The normalized spacial score (nSPS) is 18.8. The molecule has 2 aliphatic rings. The predicted molar refractivity (Wildman–Crippen MR) is 124 cm³/mol. The van der Waals surface area contributed by atoms with Crippen molar-refractivity contribution in [1.29, 1.82) is 0 Å². The Bertz CT molecular complexity index is 1040. The van der Waals surface area contributed by atoms with Crippen molar-refractivity contribution in [3.8, 4) is 11.5 Å². The van der Waals surface area contributed by atoms with Gasteiger partial charge in [0.15, 0.2) is 5.78 Å². The predicted octanol–water partition coefficient (Wildman–Crippen LogP) is 6.36. The minimum atomic E-state index is -0.0256. The number of hydrogen-bond acceptors (Lipinski definition) is 6. The van der Waals surface area contributed by atoms with Gasteiger partial charge in [-0.05, 0) is 38.5 Å². The highest BCUT2D eigenvalue weighted by Crippen LogP contribution is 2.48. The number of ether oxygens (including phenoxy) is 2. The van der Waals surface area contributed by atoms with Crippen molar-refractivity contribution in [3.05, 3.63) is 59.4 Å². The first-order chi connectivity index (χ1) is 15.1. The number of allylic oxidation sites excluding steroid dienone is 2. The molecule has 0 fully saturated rings. The summed E-state index contributed by atoms with van der Waals surface area (Å²) in [6.45, 7) is 5.05. The maximum Gasteiger partial charge on any atom is 0.168 e. The fourth-order valence-corrected chi connectivity index (χ4v) is 5.28. The Hall–Kier alpha value is -2.73. The van der Waals surface area contributed by atoms with Gasteiger partial charge in [-0.25, -0.2) is 0 Å². The Morgan fingerprint density at radius 1 is 1.10 bits per heavy atom. The molecular weight excluding hydrogens is 410 g/mol. The van der Waals surface area contributed by atoms with E-state index in [0.29, 0.717) is 50.2 Å². The van der Waals surface area contributed by atoms with E-state index in [1.54, 1.807) is 11.8 Å². The van der Waals surface area contributed by atoms with E-state index in [2.05, 4.69) is 0 Å². The number of aliphatic hydroxyl groups is 1. The number of ketones is 1. The molecule has 2 aromatic carbocycles. The number of rotatable bonds is 6. The number of benzene rings is 2. The van der Waals surface area contributed by atoms with Crippen molar-refractivity contribution >= 4 is 28.9 Å². The zero-order chi connectivity index (χ0) is 21.8. The Kier molecular flexibility index (Phi) is 6.66. The SMILES string of the molecule is CCOc1ccc(C2CC(C3=C(O)CCCC3=O)=Nc3ccccc3S2)c(OCC)c1. The topological polar surface area (TPSA) is 68.1 Å². The number of carbonyl (C=O) groups is 1. The van der Waals surface area contributed by atoms with Gasteiger partial charge in [0.1, 0.15) is 17.3 Å². The zero-order valence-electron chi connectivity index (χ0n) is 17.9. The lowest BCUT2D eigenvalue weighted by Gasteiger charge is -2.22. The molecule has 1 aliphatic carbocycles. The van der Waals surface area contributed by atoms with Crippen molar-refractivity contribution in [3.63, 3.8) is 0 Å². The van der Waals surface area contributed by atoms with Crippen molar-refractivity contribution < 1.29 is 19.4 Å². The summed E-state index contributed by atoms with van der Waals surface area (Å²) in [5.74, 6) is 1.68. The van der Waals surface area contributed by atoms with E-state index < -0.39 is 0 Å². The van der Waals surface area contributed by atoms with E-state index in [1.165, 1.54) is 0 Å². The summed E-state index contributed by atoms with van der Waals surface area (Å²) < 4.78 is 11.6. The second kappa shape index (κ2) is 9.60. The van der Waals surface area contributed by atoms with Gasteiger partial charge in [0, 0.05) is 41.0 Å². The van der Waals surface area contributed by atoms with Gasteiger partial charge in [-0.1, -0.05) is 18.2 Å². The van der Waals surface area contributed by atoms with E-state index in [1.807, 2.05) is 56.3 Å². The van der Waals surface area contributed by atoms with Crippen molar-refractivity contribution in [2.24, 2.45) is 4.99 Å². The highest BCUT2D eigenvalue weighted by Gasteiger charge is 2.31. The molecule has 1 N–H and O–H groups in total. The lowest BCUT2D eigenvalue weighted by atomic mass is 9.90. The molecule has 4 rings (SSSR count). The van der Waals surface area contributed by atoms with Gasteiger partial charge in [-0.15, -0.1) is 11.8 Å². The summed E-state index contributed by atoms with van der Waals surface area (Å²) in [5.41, 5.74) is 2.91. The Morgan fingerprint density at radius 2 is 1.90 bits per heavy atom. The molecule has 0 aromatic heterocycles. The van der Waals surface area contributed by atoms with Crippen LogP contribution in [0.3, 0.4) is 0 Å². The van der Waals surface area contributed by atoms with Crippen molar-refractivity contribution in [2.45, 2.75) is 49.7 Å². The largest absolute Gasteiger partial charge is 0.511 e. The average Bonchev–Trinajstić information content (AvgIpc) is 2.94. The summed E-state index contributed by atoms with van der Waals surface area (Å²) in [5, 5.41) is 10.5. The maximum atomic E-state index is 12.7. The molecule has 162 valence electrons. The van der Waals surface area contributed by atoms with Gasteiger partial charge in [-0.2, -0.15) is 0 Å². The number of hydrogen-bond donors (Lipinski definition) is 1. The molecule has 31 heavy (non-hydrogen) atoms. The number of aliphatic hydroxyl groups excluding tert-OH is 1. The lowest BCUT2D eigenvalue weighted by Crippen LogP contribution is -2.20. The van der Waals surface area contributed by atoms with Gasteiger partial charge >= 0.3 is 0 Å². The molecule has 0 saturated heterocycles. The van der Waals surface area contributed by atoms with Crippen LogP contribution >= 0.6 is 11.8 Å². The van der Waals surface area contributed by atoms with Crippen molar-refractivity contribution in [1.82, 2.24) is 0 Å². The minimum Gasteiger partial charge on any atom is -0.511 e. The number of thioether (sulfide) groups is 1. The van der Waals surface area contributed by atoms with E-state index in [4.69, 9.17) is 14.5 Å². The number of aliphatic imine (C=N–C) groups is 1. The number of para-hydroxylation sites is 1. The van der Waals surface area contributed by atoms with Crippen LogP contribution in [0.5, 0.6) is 11.5 Å². The second-order valence-corrected chi connectivity index (χ2v) is 8.75. The molecule has 2 aromatic rings. The van der Waals surface area contributed by atoms with Gasteiger partial charge in [0.25, 0.3) is 0 Å². The fourth-order valence-electron chi connectivity index (χ4n) is 4.01. The first-order valence-electron chi connectivity index (χ1n) is 10.8. The summed E-state index contributed by atoms with van der Waals surface area (Å²) >= 11 is 1.71. The fraction of sp³-hybridized carbons (Fsp3) is 0.360. The van der Waals surface area contributed by atoms with Crippen LogP contribution in [0.2, 0.25) is 0 Å². The molecule has 1 aliphatic heterocycles. The third kappa shape index (κ3) is 4.64. The van der Waals surface area contributed by atoms with Crippen LogP contribution in [-0.4, -0.2) is 29.8 Å². The summed E-state index contributed by atoms with van der Waals surface area (Å²) in [4.78, 5) is 18.6.